The van der Waals surface area contributed by atoms with Gasteiger partial charge < -0.3 is 20.1 Å². The van der Waals surface area contributed by atoms with Gasteiger partial charge in [-0.3, -0.25) is 0 Å². The topological polar surface area (TPSA) is 78.9 Å². The highest BCUT2D eigenvalue weighted by Gasteiger charge is 2.43. The number of hydrogen-bond acceptors (Lipinski definition) is 3. The summed E-state index contributed by atoms with van der Waals surface area (Å²) in [6.45, 7) is 4.18. The lowest BCUT2D eigenvalue weighted by Gasteiger charge is -2.47. The quantitative estimate of drug-likeness (QED) is 0.694. The van der Waals surface area contributed by atoms with Crippen LogP contribution in [0.3, 0.4) is 0 Å². The van der Waals surface area contributed by atoms with Gasteiger partial charge in [-0.2, -0.15) is 0 Å². The molecule has 0 spiro atoms. The summed E-state index contributed by atoms with van der Waals surface area (Å²) in [5.74, 6) is 1.51. The number of carboxylic acids is 1. The molecule has 1 rings (SSSR count). The van der Waals surface area contributed by atoms with Crippen LogP contribution < -0.4 is 5.32 Å². The fourth-order valence-electron chi connectivity index (χ4n) is 1.94. The number of hydrogen-bond donors (Lipinski definition) is 2. The summed E-state index contributed by atoms with van der Waals surface area (Å²) in [4.78, 5) is 23.9. The SMILES string of the molecule is C#CCC(CC)NC(=O)N1CC(C)(OCC(=O)O)C1. The highest BCUT2D eigenvalue weighted by Crippen LogP contribution is 2.24. The summed E-state index contributed by atoms with van der Waals surface area (Å²) >= 11 is 0. The van der Waals surface area contributed by atoms with E-state index >= 15 is 0 Å². The Labute approximate surface area is 113 Å². The van der Waals surface area contributed by atoms with Crippen molar-refractivity contribution in [2.75, 3.05) is 19.7 Å². The van der Waals surface area contributed by atoms with Crippen LogP contribution >= 0.6 is 0 Å². The highest BCUT2D eigenvalue weighted by atomic mass is 16.5. The molecule has 0 saturated carbocycles. The number of ether oxygens (including phenoxy) is 1. The number of urea groups is 1. The van der Waals surface area contributed by atoms with Crippen molar-refractivity contribution in [3.8, 4) is 12.3 Å². The third-order valence-electron chi connectivity index (χ3n) is 3.07. The third kappa shape index (κ3) is 4.45. The number of nitrogens with one attached hydrogen (secondary N) is 1. The molecule has 1 unspecified atom stereocenters. The first kappa shape index (κ1) is 15.3. The number of terminal acetylenes is 1. The normalized spacial score (nSPS) is 18.1. The Morgan fingerprint density at radius 2 is 2.21 bits per heavy atom. The maximum absolute atomic E-state index is 11.9. The molecular formula is C13H20N2O4. The van der Waals surface area contributed by atoms with Crippen LogP contribution in [0.4, 0.5) is 4.79 Å². The van der Waals surface area contributed by atoms with Gasteiger partial charge in [0.2, 0.25) is 0 Å². The van der Waals surface area contributed by atoms with Gasteiger partial charge in [-0.05, 0) is 13.3 Å². The van der Waals surface area contributed by atoms with Crippen LogP contribution in [0.15, 0.2) is 0 Å². The average Bonchev–Trinajstić information content (AvgIpc) is 2.32. The minimum Gasteiger partial charge on any atom is -0.480 e. The molecule has 1 aliphatic heterocycles. The molecular weight excluding hydrogens is 248 g/mol. The Hall–Kier alpha value is -1.74. The predicted octanol–water partition coefficient (Wildman–Crippen LogP) is 0.673. The van der Waals surface area contributed by atoms with Gasteiger partial charge in [-0.15, -0.1) is 12.3 Å². The molecule has 6 heteroatoms. The van der Waals surface area contributed by atoms with E-state index in [1.165, 1.54) is 0 Å². The van der Waals surface area contributed by atoms with Gasteiger partial charge in [0.1, 0.15) is 12.2 Å². The Balaban J connectivity index is 2.35. The van der Waals surface area contributed by atoms with Crippen molar-refractivity contribution in [1.29, 1.82) is 0 Å². The fraction of sp³-hybridized carbons (Fsp3) is 0.692. The molecule has 0 bridgehead atoms. The van der Waals surface area contributed by atoms with Gasteiger partial charge in [-0.1, -0.05) is 6.92 Å². The average molecular weight is 268 g/mol. The van der Waals surface area contributed by atoms with Crippen molar-refractivity contribution >= 4 is 12.0 Å². The van der Waals surface area contributed by atoms with Gasteiger partial charge in [0.25, 0.3) is 0 Å². The van der Waals surface area contributed by atoms with Crippen LogP contribution in [0.25, 0.3) is 0 Å². The van der Waals surface area contributed by atoms with E-state index in [0.29, 0.717) is 19.5 Å². The highest BCUT2D eigenvalue weighted by molar-refractivity contribution is 5.76. The van der Waals surface area contributed by atoms with Gasteiger partial charge in [-0.25, -0.2) is 9.59 Å². The number of nitrogens with zero attached hydrogens (tertiary/aromatic N) is 1. The summed E-state index contributed by atoms with van der Waals surface area (Å²) in [5, 5.41) is 11.4. The molecule has 106 valence electrons. The van der Waals surface area contributed by atoms with E-state index < -0.39 is 11.6 Å². The fourth-order valence-corrected chi connectivity index (χ4v) is 1.94. The first-order chi connectivity index (χ1) is 8.90. The number of carbonyl (C=O) groups excluding carboxylic acids is 1. The molecule has 0 aromatic carbocycles. The van der Waals surface area contributed by atoms with Crippen molar-refractivity contribution in [1.82, 2.24) is 10.2 Å². The van der Waals surface area contributed by atoms with Crippen molar-refractivity contribution in [3.63, 3.8) is 0 Å². The van der Waals surface area contributed by atoms with Crippen molar-refractivity contribution in [2.45, 2.75) is 38.3 Å². The monoisotopic (exact) mass is 268 g/mol. The van der Waals surface area contributed by atoms with E-state index in [9.17, 15) is 9.59 Å². The maximum atomic E-state index is 11.9. The van der Waals surface area contributed by atoms with Crippen LogP contribution in [0.5, 0.6) is 0 Å². The second-order valence-corrected chi connectivity index (χ2v) is 4.95. The van der Waals surface area contributed by atoms with E-state index in [1.807, 2.05) is 6.92 Å². The number of amides is 2. The summed E-state index contributed by atoms with van der Waals surface area (Å²) in [6, 6.07) is -0.206. The van der Waals surface area contributed by atoms with Crippen LogP contribution in [0.2, 0.25) is 0 Å². The molecule has 1 atom stereocenters. The zero-order valence-corrected chi connectivity index (χ0v) is 11.3. The van der Waals surface area contributed by atoms with Crippen molar-refractivity contribution in [3.05, 3.63) is 0 Å². The van der Waals surface area contributed by atoms with Gasteiger partial charge in [0.05, 0.1) is 13.1 Å². The molecule has 1 saturated heterocycles. The molecule has 0 aromatic rings. The maximum Gasteiger partial charge on any atom is 0.329 e. The Morgan fingerprint density at radius 1 is 1.58 bits per heavy atom. The van der Waals surface area contributed by atoms with Crippen molar-refractivity contribution in [2.24, 2.45) is 0 Å². The zero-order valence-electron chi connectivity index (χ0n) is 11.3. The number of rotatable bonds is 6. The van der Waals surface area contributed by atoms with Crippen LogP contribution in [-0.2, 0) is 9.53 Å². The van der Waals surface area contributed by atoms with E-state index in [1.54, 1.807) is 11.8 Å². The smallest absolute Gasteiger partial charge is 0.329 e. The summed E-state index contributed by atoms with van der Waals surface area (Å²) in [7, 11) is 0. The van der Waals surface area contributed by atoms with E-state index in [2.05, 4.69) is 11.2 Å². The molecule has 0 aromatic heterocycles. The van der Waals surface area contributed by atoms with Gasteiger partial charge in [0.15, 0.2) is 0 Å². The van der Waals surface area contributed by atoms with E-state index in [-0.39, 0.29) is 18.7 Å². The molecule has 1 heterocycles. The zero-order chi connectivity index (χ0) is 14.5. The number of likely N-dealkylation sites (tertiary alicyclic amines) is 1. The Kier molecular flexibility index (Phi) is 5.19. The van der Waals surface area contributed by atoms with Crippen molar-refractivity contribution < 1.29 is 19.4 Å². The van der Waals surface area contributed by atoms with Gasteiger partial charge in [0, 0.05) is 12.5 Å². The van der Waals surface area contributed by atoms with Crippen LogP contribution in [0.1, 0.15) is 26.7 Å². The van der Waals surface area contributed by atoms with E-state index in [4.69, 9.17) is 16.3 Å². The molecule has 1 fully saturated rings. The molecule has 6 nitrogen and oxygen atoms in total. The minimum absolute atomic E-state index is 0.0238. The lowest BCUT2D eigenvalue weighted by atomic mass is 9.97. The minimum atomic E-state index is -1.01. The second kappa shape index (κ2) is 6.43. The van der Waals surface area contributed by atoms with Crippen LogP contribution in [0, 0.1) is 12.3 Å². The summed E-state index contributed by atoms with van der Waals surface area (Å²) in [6.07, 6.45) is 6.50. The predicted molar refractivity (Wildman–Crippen MR) is 69.6 cm³/mol. The number of aliphatic carboxylic acids is 1. The van der Waals surface area contributed by atoms with Crippen LogP contribution in [-0.4, -0.2) is 53.3 Å². The molecule has 2 N–H and O–H groups in total. The summed E-state index contributed by atoms with van der Waals surface area (Å²) < 4.78 is 5.23. The Bertz CT molecular complexity index is 383. The molecule has 19 heavy (non-hydrogen) atoms. The largest absolute Gasteiger partial charge is 0.480 e. The number of carboxylic acid groups (broad SMARTS) is 1. The third-order valence-corrected chi connectivity index (χ3v) is 3.07. The molecule has 0 aliphatic carbocycles. The van der Waals surface area contributed by atoms with E-state index in [0.717, 1.165) is 6.42 Å². The summed E-state index contributed by atoms with van der Waals surface area (Å²) in [5.41, 5.74) is -0.566. The first-order valence-corrected chi connectivity index (χ1v) is 6.25. The molecule has 1 aliphatic rings. The second-order valence-electron chi connectivity index (χ2n) is 4.95. The first-order valence-electron chi connectivity index (χ1n) is 6.25. The molecule has 0 radical (unpaired) electrons. The Morgan fingerprint density at radius 3 is 2.68 bits per heavy atom. The lowest BCUT2D eigenvalue weighted by molar-refractivity contribution is -0.159. The van der Waals surface area contributed by atoms with Gasteiger partial charge >= 0.3 is 12.0 Å². The standard InChI is InChI=1S/C13H20N2O4/c1-4-6-10(5-2)14-12(18)15-8-13(3,9-15)19-7-11(16)17/h1,10H,5-9H2,2-3H3,(H,14,18)(H,16,17). The lowest BCUT2D eigenvalue weighted by Crippen LogP contribution is -2.65. The number of carbonyl (C=O) groups is 2. The molecule has 2 amide bonds.